The lowest BCUT2D eigenvalue weighted by Gasteiger charge is -2.19. The summed E-state index contributed by atoms with van der Waals surface area (Å²) in [4.78, 5) is 3.62. The second kappa shape index (κ2) is 5.95. The Balaban J connectivity index is 2.20. The monoisotopic (exact) mass is 313 g/mol. The second-order valence-electron chi connectivity index (χ2n) is 5.14. The highest BCUT2D eigenvalue weighted by Crippen LogP contribution is 2.25. The first-order chi connectivity index (χ1) is 9.75. The van der Waals surface area contributed by atoms with E-state index in [0.717, 1.165) is 12.3 Å². The van der Waals surface area contributed by atoms with Gasteiger partial charge >= 0.3 is 0 Å². The Hall–Kier alpha value is -1.72. The minimum absolute atomic E-state index is 0.0221. The van der Waals surface area contributed by atoms with Crippen LogP contribution in [0.3, 0.4) is 0 Å². The van der Waals surface area contributed by atoms with E-state index in [-0.39, 0.29) is 17.5 Å². The molecule has 0 amide bonds. The number of halogens is 3. The molecule has 6 heteroatoms. The molecule has 1 aromatic carbocycles. The van der Waals surface area contributed by atoms with Crippen molar-refractivity contribution in [3.8, 4) is 5.75 Å². The van der Waals surface area contributed by atoms with Crippen molar-refractivity contribution in [3.63, 3.8) is 0 Å². The van der Waals surface area contributed by atoms with E-state index in [1.54, 1.807) is 19.9 Å². The van der Waals surface area contributed by atoms with Crippen molar-refractivity contribution in [1.29, 1.82) is 0 Å². The summed E-state index contributed by atoms with van der Waals surface area (Å²) in [5.41, 5.74) is -0.258. The summed E-state index contributed by atoms with van der Waals surface area (Å²) < 4.78 is 32.0. The van der Waals surface area contributed by atoms with Crippen LogP contribution in [0, 0.1) is 11.6 Å². The zero-order valence-corrected chi connectivity index (χ0v) is 12.3. The van der Waals surface area contributed by atoms with Crippen LogP contribution in [-0.2, 0) is 12.2 Å². The molecule has 0 aliphatic heterocycles. The third kappa shape index (κ3) is 4.12. The van der Waals surface area contributed by atoms with Crippen LogP contribution < -0.4 is 4.74 Å². The van der Waals surface area contributed by atoms with Crippen molar-refractivity contribution < 1.29 is 18.6 Å². The van der Waals surface area contributed by atoms with Crippen LogP contribution in [0.15, 0.2) is 30.5 Å². The fourth-order valence-electron chi connectivity index (χ4n) is 1.75. The Kier molecular flexibility index (Phi) is 4.44. The molecule has 0 bridgehead atoms. The summed E-state index contributed by atoms with van der Waals surface area (Å²) in [5.74, 6) is -0.992. The smallest absolute Gasteiger partial charge is 0.171 e. The molecular weight excluding hydrogens is 300 g/mol. The minimum atomic E-state index is -1.17. The maximum absolute atomic E-state index is 13.6. The van der Waals surface area contributed by atoms with Crippen LogP contribution in [0.1, 0.15) is 25.0 Å². The van der Waals surface area contributed by atoms with Crippen molar-refractivity contribution in [2.75, 3.05) is 0 Å². The number of pyridine rings is 1. The Morgan fingerprint density at radius 2 is 1.90 bits per heavy atom. The van der Waals surface area contributed by atoms with Crippen LogP contribution in [0.25, 0.3) is 0 Å². The molecule has 1 N–H and O–H groups in total. The fourth-order valence-corrected chi connectivity index (χ4v) is 1.91. The first-order valence-electron chi connectivity index (χ1n) is 6.22. The molecule has 3 nitrogen and oxygen atoms in total. The Morgan fingerprint density at radius 1 is 1.19 bits per heavy atom. The molecule has 112 valence electrons. The van der Waals surface area contributed by atoms with Crippen LogP contribution in [-0.4, -0.2) is 10.1 Å². The van der Waals surface area contributed by atoms with Crippen LogP contribution in [0.2, 0.25) is 5.15 Å². The van der Waals surface area contributed by atoms with Crippen molar-refractivity contribution >= 4 is 11.6 Å². The Bertz CT molecular complexity index is 657. The van der Waals surface area contributed by atoms with Crippen molar-refractivity contribution in [2.45, 2.75) is 26.1 Å². The quantitative estimate of drug-likeness (QED) is 0.873. The summed E-state index contributed by atoms with van der Waals surface area (Å²) in [6.45, 7) is 3.09. The standard InChI is InChI=1S/C15H14ClF2NO2/c1-15(2,20)10-3-9(4-11(17)5-10)8-21-13-6-12(18)7-19-14(13)16/h3-7,20H,8H2,1-2H3. The van der Waals surface area contributed by atoms with Gasteiger partial charge in [0.15, 0.2) is 10.9 Å². The van der Waals surface area contributed by atoms with Gasteiger partial charge in [0.1, 0.15) is 18.2 Å². The molecule has 0 saturated carbocycles. The summed E-state index contributed by atoms with van der Waals surface area (Å²) in [7, 11) is 0. The maximum atomic E-state index is 13.6. The molecule has 0 saturated heterocycles. The van der Waals surface area contributed by atoms with E-state index >= 15 is 0 Å². The molecule has 0 aliphatic rings. The minimum Gasteiger partial charge on any atom is -0.486 e. The molecule has 0 radical (unpaired) electrons. The van der Waals surface area contributed by atoms with Gasteiger partial charge in [0, 0.05) is 6.07 Å². The predicted octanol–water partition coefficient (Wildman–Crippen LogP) is 3.82. The van der Waals surface area contributed by atoms with Crippen LogP contribution in [0.5, 0.6) is 5.75 Å². The zero-order chi connectivity index (χ0) is 15.6. The van der Waals surface area contributed by atoms with Gasteiger partial charge < -0.3 is 9.84 Å². The average molecular weight is 314 g/mol. The normalized spacial score (nSPS) is 11.5. The second-order valence-corrected chi connectivity index (χ2v) is 5.50. The predicted molar refractivity (Wildman–Crippen MR) is 75.2 cm³/mol. The number of aliphatic hydroxyl groups is 1. The lowest BCUT2D eigenvalue weighted by Crippen LogP contribution is -2.16. The highest BCUT2D eigenvalue weighted by molar-refractivity contribution is 6.30. The van der Waals surface area contributed by atoms with Gasteiger partial charge in [-0.1, -0.05) is 11.6 Å². The van der Waals surface area contributed by atoms with Crippen molar-refractivity contribution in [1.82, 2.24) is 4.98 Å². The summed E-state index contributed by atoms with van der Waals surface area (Å²) >= 11 is 5.78. The van der Waals surface area contributed by atoms with E-state index in [0.29, 0.717) is 11.1 Å². The lowest BCUT2D eigenvalue weighted by molar-refractivity contribution is 0.0780. The molecule has 1 aromatic heterocycles. The number of aromatic nitrogens is 1. The first kappa shape index (κ1) is 15.7. The van der Waals surface area contributed by atoms with Gasteiger partial charge in [-0.25, -0.2) is 13.8 Å². The molecule has 0 spiro atoms. The fraction of sp³-hybridized carbons (Fsp3) is 0.267. The molecule has 0 aliphatic carbocycles. The third-order valence-electron chi connectivity index (χ3n) is 2.83. The van der Waals surface area contributed by atoms with Gasteiger partial charge in [-0.05, 0) is 43.2 Å². The van der Waals surface area contributed by atoms with Crippen molar-refractivity contribution in [2.24, 2.45) is 0 Å². The number of rotatable bonds is 4. The molecular formula is C15H14ClF2NO2. The number of hydrogen-bond acceptors (Lipinski definition) is 3. The van der Waals surface area contributed by atoms with Gasteiger partial charge in [-0.3, -0.25) is 0 Å². The van der Waals surface area contributed by atoms with Crippen molar-refractivity contribution in [3.05, 3.63) is 58.4 Å². The zero-order valence-electron chi connectivity index (χ0n) is 11.5. The summed E-state index contributed by atoms with van der Waals surface area (Å²) in [6, 6.07) is 5.24. The Labute approximate surface area is 126 Å². The van der Waals surface area contributed by atoms with E-state index in [1.807, 2.05) is 0 Å². The van der Waals surface area contributed by atoms with E-state index < -0.39 is 17.2 Å². The Morgan fingerprint density at radius 3 is 2.57 bits per heavy atom. The molecule has 0 unspecified atom stereocenters. The molecule has 21 heavy (non-hydrogen) atoms. The molecule has 2 aromatic rings. The average Bonchev–Trinajstić information content (AvgIpc) is 2.38. The van der Waals surface area contributed by atoms with E-state index in [1.165, 1.54) is 12.1 Å². The summed E-state index contributed by atoms with van der Waals surface area (Å²) in [5, 5.41) is 9.94. The van der Waals surface area contributed by atoms with E-state index in [9.17, 15) is 13.9 Å². The molecule has 0 fully saturated rings. The SMILES string of the molecule is CC(C)(O)c1cc(F)cc(COc2cc(F)cnc2Cl)c1. The topological polar surface area (TPSA) is 42.4 Å². The number of hydrogen-bond donors (Lipinski definition) is 1. The third-order valence-corrected chi connectivity index (χ3v) is 3.12. The molecule has 2 rings (SSSR count). The van der Waals surface area contributed by atoms with Gasteiger partial charge in [-0.15, -0.1) is 0 Å². The molecule has 1 heterocycles. The van der Waals surface area contributed by atoms with Crippen LogP contribution >= 0.6 is 11.6 Å². The van der Waals surface area contributed by atoms with Gasteiger partial charge in [0.2, 0.25) is 0 Å². The number of nitrogens with zero attached hydrogens (tertiary/aromatic N) is 1. The summed E-state index contributed by atoms with van der Waals surface area (Å²) in [6.07, 6.45) is 0.976. The first-order valence-corrected chi connectivity index (χ1v) is 6.59. The van der Waals surface area contributed by atoms with Gasteiger partial charge in [0.25, 0.3) is 0 Å². The number of ether oxygens (including phenoxy) is 1. The largest absolute Gasteiger partial charge is 0.486 e. The van der Waals surface area contributed by atoms with E-state index in [2.05, 4.69) is 4.98 Å². The van der Waals surface area contributed by atoms with E-state index in [4.69, 9.17) is 16.3 Å². The highest BCUT2D eigenvalue weighted by atomic mass is 35.5. The number of benzene rings is 1. The van der Waals surface area contributed by atoms with Gasteiger partial charge in [-0.2, -0.15) is 0 Å². The molecule has 0 atom stereocenters. The van der Waals surface area contributed by atoms with Gasteiger partial charge in [0.05, 0.1) is 11.8 Å². The maximum Gasteiger partial charge on any atom is 0.171 e. The van der Waals surface area contributed by atoms with Crippen LogP contribution in [0.4, 0.5) is 8.78 Å². The highest BCUT2D eigenvalue weighted by Gasteiger charge is 2.18. The lowest BCUT2D eigenvalue weighted by atomic mass is 9.96.